The van der Waals surface area contributed by atoms with Gasteiger partial charge in [-0.05, 0) is 24.6 Å². The fraction of sp³-hybridized carbons (Fsp3) is 0.619. The number of morpholine rings is 1. The summed E-state index contributed by atoms with van der Waals surface area (Å²) in [6.45, 7) is 8.87. The molecule has 0 bridgehead atoms. The van der Waals surface area contributed by atoms with Gasteiger partial charge in [0.05, 0.1) is 25.9 Å². The van der Waals surface area contributed by atoms with Gasteiger partial charge in [0, 0.05) is 57.9 Å². The van der Waals surface area contributed by atoms with E-state index >= 15 is 0 Å². The van der Waals surface area contributed by atoms with E-state index in [0.29, 0.717) is 26.2 Å². The number of amides is 1. The topological polar surface area (TPSA) is 69.6 Å². The molecule has 1 amide bonds. The number of guanidine groups is 1. The van der Waals surface area contributed by atoms with Crippen molar-refractivity contribution in [3.8, 4) is 0 Å². The van der Waals surface area contributed by atoms with Crippen molar-refractivity contribution in [2.75, 3.05) is 72.7 Å². The summed E-state index contributed by atoms with van der Waals surface area (Å²) in [5.41, 5.74) is 1.18. The van der Waals surface area contributed by atoms with Crippen LogP contribution in [0.2, 0.25) is 5.02 Å². The third-order valence-corrected chi connectivity index (χ3v) is 5.73. The van der Waals surface area contributed by atoms with Crippen molar-refractivity contribution in [3.63, 3.8) is 0 Å². The minimum atomic E-state index is -0.242. The summed E-state index contributed by atoms with van der Waals surface area (Å²) >= 11 is 6.26. The Morgan fingerprint density at radius 3 is 2.53 bits per heavy atom. The maximum absolute atomic E-state index is 11.9. The summed E-state index contributed by atoms with van der Waals surface area (Å²) in [6, 6.07) is 8.22. The molecule has 2 fully saturated rings. The van der Waals surface area contributed by atoms with Crippen LogP contribution in [0, 0.1) is 0 Å². The van der Waals surface area contributed by atoms with E-state index in [-0.39, 0.29) is 12.1 Å². The van der Waals surface area contributed by atoms with E-state index < -0.39 is 0 Å². The maximum Gasteiger partial charge on any atom is 0.409 e. The summed E-state index contributed by atoms with van der Waals surface area (Å²) in [5, 5.41) is 4.28. The molecule has 1 aromatic rings. The highest BCUT2D eigenvalue weighted by molar-refractivity contribution is 6.30. The Balaban J connectivity index is 1.61. The van der Waals surface area contributed by atoms with E-state index in [1.54, 1.807) is 11.9 Å². The molecule has 0 spiro atoms. The Morgan fingerprint density at radius 1 is 1.20 bits per heavy atom. The van der Waals surface area contributed by atoms with Gasteiger partial charge in [0.25, 0.3) is 0 Å². The summed E-state index contributed by atoms with van der Waals surface area (Å²) in [7, 11) is 1.79. The van der Waals surface area contributed by atoms with Crippen molar-refractivity contribution < 1.29 is 14.3 Å². The zero-order valence-corrected chi connectivity index (χ0v) is 18.6. The first-order valence-corrected chi connectivity index (χ1v) is 10.9. The van der Waals surface area contributed by atoms with Crippen LogP contribution >= 0.6 is 11.6 Å². The molecule has 2 saturated heterocycles. The molecule has 30 heavy (non-hydrogen) atoms. The van der Waals surface area contributed by atoms with Gasteiger partial charge in [-0.25, -0.2) is 4.79 Å². The molecule has 1 unspecified atom stereocenters. The summed E-state index contributed by atoms with van der Waals surface area (Å²) in [6.07, 6.45) is -0.242. The minimum absolute atomic E-state index is 0.171. The average molecular weight is 438 g/mol. The first kappa shape index (κ1) is 22.7. The largest absolute Gasteiger partial charge is 0.450 e. The number of carbonyl (C=O) groups is 1. The third-order valence-electron chi connectivity index (χ3n) is 5.49. The lowest BCUT2D eigenvalue weighted by Gasteiger charge is -2.38. The second kappa shape index (κ2) is 11.4. The first-order chi connectivity index (χ1) is 14.6. The molecule has 1 atom stereocenters. The van der Waals surface area contributed by atoms with Crippen LogP contribution in [0.25, 0.3) is 0 Å². The lowest BCUT2D eigenvalue weighted by atomic mass is 10.0. The Morgan fingerprint density at radius 2 is 1.90 bits per heavy atom. The number of benzene rings is 1. The number of hydrogen-bond donors (Lipinski definition) is 1. The van der Waals surface area contributed by atoms with Crippen LogP contribution in [-0.2, 0) is 9.47 Å². The van der Waals surface area contributed by atoms with Crippen LogP contribution in [0.15, 0.2) is 29.3 Å². The number of hydrogen-bond acceptors (Lipinski definition) is 5. The molecular weight excluding hydrogens is 406 g/mol. The number of halogens is 1. The van der Waals surface area contributed by atoms with Gasteiger partial charge in [-0.1, -0.05) is 23.7 Å². The molecule has 9 heteroatoms. The number of piperazine rings is 1. The Kier molecular flexibility index (Phi) is 8.60. The van der Waals surface area contributed by atoms with Crippen molar-refractivity contribution >= 4 is 23.7 Å². The molecule has 2 aliphatic heterocycles. The number of carbonyl (C=O) groups excluding carboxylic acids is 1. The van der Waals surface area contributed by atoms with Crippen molar-refractivity contribution in [2.45, 2.75) is 13.0 Å². The summed E-state index contributed by atoms with van der Waals surface area (Å²) in [5.74, 6) is 0.846. The summed E-state index contributed by atoms with van der Waals surface area (Å²) in [4.78, 5) is 22.8. The van der Waals surface area contributed by atoms with Gasteiger partial charge in [-0.2, -0.15) is 0 Å². The van der Waals surface area contributed by atoms with Crippen LogP contribution in [-0.4, -0.2) is 99.4 Å². The zero-order valence-electron chi connectivity index (χ0n) is 17.8. The maximum atomic E-state index is 11.9. The summed E-state index contributed by atoms with van der Waals surface area (Å²) < 4.78 is 10.6. The molecule has 8 nitrogen and oxygen atoms in total. The molecule has 3 rings (SSSR count). The quantitative estimate of drug-likeness (QED) is 0.561. The third kappa shape index (κ3) is 6.00. The fourth-order valence-corrected chi connectivity index (χ4v) is 4.10. The molecule has 0 aromatic heterocycles. The highest BCUT2D eigenvalue weighted by atomic mass is 35.5. The number of nitrogens with zero attached hydrogens (tertiary/aromatic N) is 4. The number of nitrogens with one attached hydrogen (secondary N) is 1. The molecule has 1 aromatic carbocycles. The van der Waals surface area contributed by atoms with E-state index in [1.165, 1.54) is 5.56 Å². The van der Waals surface area contributed by atoms with E-state index in [4.69, 9.17) is 21.1 Å². The molecular formula is C21H32ClN5O3. The Hall–Kier alpha value is -2.03. The van der Waals surface area contributed by atoms with E-state index in [9.17, 15) is 4.79 Å². The van der Waals surface area contributed by atoms with Gasteiger partial charge in [0.2, 0.25) is 0 Å². The predicted octanol–water partition coefficient (Wildman–Crippen LogP) is 2.06. The minimum Gasteiger partial charge on any atom is -0.450 e. The first-order valence-electron chi connectivity index (χ1n) is 10.6. The SMILES string of the molecule is CCOC(=O)N1CCN(C(=NC)NCC(c2cccc(Cl)c2)N2CCOCC2)CC1. The van der Waals surface area contributed by atoms with Gasteiger partial charge in [-0.15, -0.1) is 0 Å². The second-order valence-electron chi connectivity index (χ2n) is 7.32. The van der Waals surface area contributed by atoms with Gasteiger partial charge in [-0.3, -0.25) is 9.89 Å². The molecule has 2 heterocycles. The number of rotatable bonds is 5. The van der Waals surface area contributed by atoms with Gasteiger partial charge >= 0.3 is 6.09 Å². The number of aliphatic imine (C=N–C) groups is 1. The van der Waals surface area contributed by atoms with Crippen LogP contribution in [0.5, 0.6) is 0 Å². The van der Waals surface area contributed by atoms with E-state index in [2.05, 4.69) is 26.2 Å². The van der Waals surface area contributed by atoms with Crippen LogP contribution in [0.3, 0.4) is 0 Å². The van der Waals surface area contributed by atoms with Gasteiger partial charge in [0.15, 0.2) is 5.96 Å². The normalized spacial score (nSPS) is 19.5. The van der Waals surface area contributed by atoms with Crippen molar-refractivity contribution in [1.82, 2.24) is 20.0 Å². The zero-order chi connectivity index (χ0) is 21.3. The van der Waals surface area contributed by atoms with Crippen LogP contribution in [0.1, 0.15) is 18.5 Å². The molecule has 1 N–H and O–H groups in total. The van der Waals surface area contributed by atoms with E-state index in [1.807, 2.05) is 25.1 Å². The van der Waals surface area contributed by atoms with Crippen LogP contribution in [0.4, 0.5) is 4.79 Å². The predicted molar refractivity (Wildman–Crippen MR) is 118 cm³/mol. The van der Waals surface area contributed by atoms with E-state index in [0.717, 1.165) is 50.4 Å². The number of ether oxygens (including phenoxy) is 2. The fourth-order valence-electron chi connectivity index (χ4n) is 3.90. The van der Waals surface area contributed by atoms with Crippen molar-refractivity contribution in [3.05, 3.63) is 34.9 Å². The molecule has 0 saturated carbocycles. The van der Waals surface area contributed by atoms with Gasteiger partial charge < -0.3 is 24.6 Å². The molecule has 166 valence electrons. The Labute approximate surface area is 183 Å². The molecule has 0 aliphatic carbocycles. The van der Waals surface area contributed by atoms with Crippen molar-refractivity contribution in [1.29, 1.82) is 0 Å². The lowest BCUT2D eigenvalue weighted by Crippen LogP contribution is -2.55. The second-order valence-corrected chi connectivity index (χ2v) is 7.76. The Bertz CT molecular complexity index is 718. The average Bonchev–Trinajstić information content (AvgIpc) is 2.78. The van der Waals surface area contributed by atoms with Crippen molar-refractivity contribution in [2.24, 2.45) is 4.99 Å². The monoisotopic (exact) mass is 437 g/mol. The van der Waals surface area contributed by atoms with Gasteiger partial charge in [0.1, 0.15) is 0 Å². The smallest absolute Gasteiger partial charge is 0.409 e. The standard InChI is InChI=1S/C21H32ClN5O3/c1-3-30-21(28)27-9-7-26(8-10-27)20(23-2)24-16-19(25-11-13-29-14-12-25)17-5-4-6-18(22)15-17/h4-6,15,19H,3,7-14,16H2,1-2H3,(H,23,24). The lowest BCUT2D eigenvalue weighted by molar-refractivity contribution is 0.0168. The molecule has 0 radical (unpaired) electrons. The highest BCUT2D eigenvalue weighted by Gasteiger charge is 2.26. The highest BCUT2D eigenvalue weighted by Crippen LogP contribution is 2.24. The van der Waals surface area contributed by atoms with Crippen LogP contribution < -0.4 is 5.32 Å². The molecule has 2 aliphatic rings.